The van der Waals surface area contributed by atoms with Crippen LogP contribution in [0.3, 0.4) is 0 Å². The highest BCUT2D eigenvalue weighted by Gasteiger charge is 2.32. The van der Waals surface area contributed by atoms with E-state index in [4.69, 9.17) is 5.73 Å². The fraction of sp³-hybridized carbons (Fsp3) is 0.389. The third kappa shape index (κ3) is 2.85. The smallest absolute Gasteiger partial charge is 0.0543 e. The lowest BCUT2D eigenvalue weighted by atomic mass is 9.78. The van der Waals surface area contributed by atoms with Gasteiger partial charge in [0.05, 0.1) is 5.69 Å². The number of hydrogen-bond acceptors (Lipinski definition) is 3. The number of fused-ring (bicyclic) bond motifs is 1. The van der Waals surface area contributed by atoms with Crippen LogP contribution >= 0.6 is 0 Å². The van der Waals surface area contributed by atoms with Gasteiger partial charge in [0.2, 0.25) is 0 Å². The minimum Gasteiger partial charge on any atom is -0.323 e. The number of nitrogens with zero attached hydrogens (tertiary/aromatic N) is 2. The molecule has 3 nitrogen and oxygen atoms in total. The average Bonchev–Trinajstić information content (AvgIpc) is 2.52. The Kier molecular flexibility index (Phi) is 4.04. The lowest BCUT2D eigenvalue weighted by molar-refractivity contribution is 0.173. The van der Waals surface area contributed by atoms with E-state index in [0.29, 0.717) is 12.0 Å². The van der Waals surface area contributed by atoms with Crippen LogP contribution in [0.2, 0.25) is 0 Å². The molecule has 0 aliphatic heterocycles. The summed E-state index contributed by atoms with van der Waals surface area (Å²) in [5.41, 5.74) is 10.4. The predicted molar refractivity (Wildman–Crippen MR) is 85.9 cm³/mol. The summed E-state index contributed by atoms with van der Waals surface area (Å²) in [7, 11) is 2.15. The molecule has 0 saturated heterocycles. The summed E-state index contributed by atoms with van der Waals surface area (Å²) in [6.45, 7) is 3.14. The second-order valence-corrected chi connectivity index (χ2v) is 6.09. The molecule has 1 heterocycles. The Labute approximate surface area is 126 Å². The lowest BCUT2D eigenvalue weighted by Crippen LogP contribution is -2.44. The SMILES string of the molecule is CC1CC(N(C)Cc2ccccn2)C(N)c2ccccc21. The molecular formula is C18H23N3. The van der Waals surface area contributed by atoms with Crippen molar-refractivity contribution in [2.45, 2.75) is 37.9 Å². The van der Waals surface area contributed by atoms with Crippen LogP contribution in [0, 0.1) is 0 Å². The van der Waals surface area contributed by atoms with Gasteiger partial charge in [0.25, 0.3) is 0 Å². The van der Waals surface area contributed by atoms with Gasteiger partial charge in [-0.05, 0) is 42.6 Å². The quantitative estimate of drug-likeness (QED) is 0.940. The van der Waals surface area contributed by atoms with E-state index < -0.39 is 0 Å². The zero-order valence-corrected chi connectivity index (χ0v) is 12.7. The summed E-state index contributed by atoms with van der Waals surface area (Å²) in [4.78, 5) is 6.77. The lowest BCUT2D eigenvalue weighted by Gasteiger charge is -2.40. The Morgan fingerprint density at radius 2 is 1.86 bits per heavy atom. The third-order valence-electron chi connectivity index (χ3n) is 4.60. The van der Waals surface area contributed by atoms with E-state index in [1.807, 2.05) is 18.3 Å². The Bertz CT molecular complexity index is 596. The van der Waals surface area contributed by atoms with Crippen LogP contribution < -0.4 is 5.73 Å². The average molecular weight is 281 g/mol. The summed E-state index contributed by atoms with van der Waals surface area (Å²) < 4.78 is 0. The van der Waals surface area contributed by atoms with Crippen LogP contribution in [-0.4, -0.2) is 23.0 Å². The first-order valence-corrected chi connectivity index (χ1v) is 7.61. The van der Waals surface area contributed by atoms with Crippen LogP contribution in [0.15, 0.2) is 48.7 Å². The first kappa shape index (κ1) is 14.2. The fourth-order valence-electron chi connectivity index (χ4n) is 3.42. The number of pyridine rings is 1. The Hall–Kier alpha value is -1.71. The van der Waals surface area contributed by atoms with Gasteiger partial charge in [-0.3, -0.25) is 9.88 Å². The van der Waals surface area contributed by atoms with Crippen molar-refractivity contribution in [3.05, 3.63) is 65.5 Å². The number of nitrogens with two attached hydrogens (primary N) is 1. The van der Waals surface area contributed by atoms with Crippen molar-refractivity contribution < 1.29 is 0 Å². The van der Waals surface area contributed by atoms with Crippen LogP contribution in [0.1, 0.15) is 42.1 Å². The molecule has 2 aromatic rings. The first-order valence-electron chi connectivity index (χ1n) is 7.61. The van der Waals surface area contributed by atoms with Crippen molar-refractivity contribution in [3.63, 3.8) is 0 Å². The van der Waals surface area contributed by atoms with Gasteiger partial charge < -0.3 is 5.73 Å². The minimum absolute atomic E-state index is 0.0751. The molecule has 0 radical (unpaired) electrons. The van der Waals surface area contributed by atoms with Gasteiger partial charge in [-0.15, -0.1) is 0 Å². The Balaban J connectivity index is 1.80. The summed E-state index contributed by atoms with van der Waals surface area (Å²) in [6, 6.07) is 15.1. The van der Waals surface area contributed by atoms with Crippen molar-refractivity contribution in [1.82, 2.24) is 9.88 Å². The normalized spacial score (nSPS) is 24.9. The van der Waals surface area contributed by atoms with E-state index in [1.165, 1.54) is 11.1 Å². The summed E-state index contributed by atoms with van der Waals surface area (Å²) in [6.07, 6.45) is 2.95. The Morgan fingerprint density at radius 1 is 1.14 bits per heavy atom. The maximum absolute atomic E-state index is 6.55. The van der Waals surface area contributed by atoms with Crippen LogP contribution in [-0.2, 0) is 6.54 Å². The van der Waals surface area contributed by atoms with Crippen molar-refractivity contribution in [2.24, 2.45) is 5.73 Å². The molecule has 3 unspecified atom stereocenters. The zero-order valence-electron chi connectivity index (χ0n) is 12.7. The summed E-state index contributed by atoms with van der Waals surface area (Å²) in [5.74, 6) is 0.553. The van der Waals surface area contributed by atoms with Gasteiger partial charge in [0.1, 0.15) is 0 Å². The van der Waals surface area contributed by atoms with Crippen LogP contribution in [0.4, 0.5) is 0 Å². The second-order valence-electron chi connectivity index (χ2n) is 6.09. The summed E-state index contributed by atoms with van der Waals surface area (Å²) >= 11 is 0. The molecule has 0 saturated carbocycles. The number of aromatic nitrogens is 1. The van der Waals surface area contributed by atoms with E-state index in [9.17, 15) is 0 Å². The zero-order chi connectivity index (χ0) is 14.8. The number of likely N-dealkylation sites (N-methyl/N-ethyl adjacent to an activating group) is 1. The maximum Gasteiger partial charge on any atom is 0.0543 e. The van der Waals surface area contributed by atoms with E-state index >= 15 is 0 Å². The van der Waals surface area contributed by atoms with Crippen molar-refractivity contribution >= 4 is 0 Å². The summed E-state index contributed by atoms with van der Waals surface area (Å²) in [5, 5.41) is 0. The van der Waals surface area contributed by atoms with Gasteiger partial charge in [-0.1, -0.05) is 37.3 Å². The predicted octanol–water partition coefficient (Wildman–Crippen LogP) is 3.09. The van der Waals surface area contributed by atoms with Gasteiger partial charge in [-0.25, -0.2) is 0 Å². The highest BCUT2D eigenvalue weighted by Crippen LogP contribution is 2.38. The van der Waals surface area contributed by atoms with Crippen molar-refractivity contribution in [1.29, 1.82) is 0 Å². The fourth-order valence-corrected chi connectivity index (χ4v) is 3.42. The Morgan fingerprint density at radius 3 is 2.57 bits per heavy atom. The van der Waals surface area contributed by atoms with Crippen molar-refractivity contribution in [2.75, 3.05) is 7.05 Å². The van der Waals surface area contributed by atoms with Crippen LogP contribution in [0.25, 0.3) is 0 Å². The van der Waals surface area contributed by atoms with Gasteiger partial charge in [0.15, 0.2) is 0 Å². The number of hydrogen-bond donors (Lipinski definition) is 1. The molecule has 2 N–H and O–H groups in total. The molecule has 1 aromatic carbocycles. The highest BCUT2D eigenvalue weighted by molar-refractivity contribution is 5.36. The van der Waals surface area contributed by atoms with E-state index in [-0.39, 0.29) is 6.04 Å². The molecule has 110 valence electrons. The largest absolute Gasteiger partial charge is 0.323 e. The number of rotatable bonds is 3. The third-order valence-corrected chi connectivity index (χ3v) is 4.60. The molecule has 0 bridgehead atoms. The molecule has 21 heavy (non-hydrogen) atoms. The molecule has 3 rings (SSSR count). The molecule has 0 amide bonds. The maximum atomic E-state index is 6.55. The highest BCUT2D eigenvalue weighted by atomic mass is 15.2. The molecule has 1 aliphatic carbocycles. The monoisotopic (exact) mass is 281 g/mol. The van der Waals surface area contributed by atoms with Gasteiger partial charge in [-0.2, -0.15) is 0 Å². The molecule has 1 aromatic heterocycles. The van der Waals surface area contributed by atoms with E-state index in [0.717, 1.165) is 18.7 Å². The molecule has 0 spiro atoms. The topological polar surface area (TPSA) is 42.2 Å². The minimum atomic E-state index is 0.0751. The molecular weight excluding hydrogens is 258 g/mol. The second kappa shape index (κ2) is 5.96. The van der Waals surface area contributed by atoms with Gasteiger partial charge >= 0.3 is 0 Å². The van der Waals surface area contributed by atoms with Gasteiger partial charge in [0, 0.05) is 24.8 Å². The van der Waals surface area contributed by atoms with Crippen molar-refractivity contribution in [3.8, 4) is 0 Å². The van der Waals surface area contributed by atoms with E-state index in [2.05, 4.69) is 54.2 Å². The first-order chi connectivity index (χ1) is 10.2. The van der Waals surface area contributed by atoms with E-state index in [1.54, 1.807) is 0 Å². The molecule has 1 aliphatic rings. The standard InChI is InChI=1S/C18H23N3/c1-13-11-17(18(19)16-9-4-3-8-15(13)16)21(2)12-14-7-5-6-10-20-14/h3-10,13,17-18H,11-12,19H2,1-2H3. The molecule has 3 atom stereocenters. The molecule has 3 heteroatoms. The van der Waals surface area contributed by atoms with Crippen LogP contribution in [0.5, 0.6) is 0 Å². The number of benzene rings is 1. The molecule has 0 fully saturated rings.